The Morgan fingerprint density at radius 3 is 2.33 bits per heavy atom. The first-order valence-corrected chi connectivity index (χ1v) is 5.33. The molecule has 1 aromatic carbocycles. The lowest BCUT2D eigenvalue weighted by molar-refractivity contribution is -0.120. The lowest BCUT2D eigenvalue weighted by Gasteiger charge is -2.19. The van der Waals surface area contributed by atoms with Crippen molar-refractivity contribution in [1.29, 1.82) is 0 Å². The highest BCUT2D eigenvalue weighted by molar-refractivity contribution is 6.00. The van der Waals surface area contributed by atoms with Gasteiger partial charge in [-0.05, 0) is 32.9 Å². The van der Waals surface area contributed by atoms with Gasteiger partial charge < -0.3 is 16.8 Å². The van der Waals surface area contributed by atoms with Gasteiger partial charge in [0.15, 0.2) is 0 Å². The molecule has 98 valence electrons. The molecule has 0 heterocycles. The summed E-state index contributed by atoms with van der Waals surface area (Å²) in [6.45, 7) is 4.52. The molecule has 0 radical (unpaired) electrons. The van der Waals surface area contributed by atoms with Gasteiger partial charge in [0, 0.05) is 16.8 Å². The summed E-state index contributed by atoms with van der Waals surface area (Å²) in [7, 11) is 0. The molecular weight excluding hydrogens is 237 g/mol. The molecule has 0 aliphatic heterocycles. The molecule has 0 saturated heterocycles. The van der Waals surface area contributed by atoms with Crippen LogP contribution in [0.1, 0.15) is 29.8 Å². The quantitative estimate of drug-likeness (QED) is 0.746. The maximum atomic E-state index is 13.6. The van der Waals surface area contributed by atoms with Crippen LogP contribution in [0.5, 0.6) is 0 Å². The van der Waals surface area contributed by atoms with Crippen molar-refractivity contribution in [2.24, 2.45) is 11.5 Å². The monoisotopic (exact) mass is 253 g/mol. The van der Waals surface area contributed by atoms with Crippen LogP contribution in [0.2, 0.25) is 0 Å². The standard InChI is InChI=1S/C12H16FN3O2/c1-6-8(13)4-7(10(14)17)5-9(6)16-11(18)12(2,3)15/h4-5H,15H2,1-3H3,(H2,14,17)(H,16,18). The molecule has 5 nitrogen and oxygen atoms in total. The number of primary amides is 1. The highest BCUT2D eigenvalue weighted by Gasteiger charge is 2.23. The van der Waals surface area contributed by atoms with Gasteiger partial charge in [0.1, 0.15) is 5.82 Å². The Morgan fingerprint density at radius 2 is 1.89 bits per heavy atom. The fourth-order valence-corrected chi connectivity index (χ4v) is 1.23. The minimum atomic E-state index is -1.11. The Hall–Kier alpha value is -1.95. The molecule has 0 spiro atoms. The molecule has 0 saturated carbocycles. The van der Waals surface area contributed by atoms with Crippen LogP contribution in [-0.4, -0.2) is 17.4 Å². The molecule has 0 fully saturated rings. The average molecular weight is 253 g/mol. The van der Waals surface area contributed by atoms with Crippen LogP contribution in [0.15, 0.2) is 12.1 Å². The van der Waals surface area contributed by atoms with E-state index in [0.717, 1.165) is 6.07 Å². The largest absolute Gasteiger partial charge is 0.366 e. The maximum absolute atomic E-state index is 13.6. The van der Waals surface area contributed by atoms with Gasteiger partial charge in [0.2, 0.25) is 11.8 Å². The SMILES string of the molecule is Cc1c(F)cc(C(N)=O)cc1NC(=O)C(C)(C)N. The van der Waals surface area contributed by atoms with Crippen LogP contribution in [-0.2, 0) is 4.79 Å². The van der Waals surface area contributed by atoms with E-state index in [-0.39, 0.29) is 16.8 Å². The highest BCUT2D eigenvalue weighted by atomic mass is 19.1. The van der Waals surface area contributed by atoms with Gasteiger partial charge in [-0.25, -0.2) is 4.39 Å². The second-order valence-electron chi connectivity index (χ2n) is 4.67. The number of nitrogens with one attached hydrogen (secondary N) is 1. The molecule has 0 bridgehead atoms. The summed E-state index contributed by atoms with van der Waals surface area (Å²) in [5.41, 5.74) is 9.98. The van der Waals surface area contributed by atoms with Crippen LogP contribution in [0.25, 0.3) is 0 Å². The van der Waals surface area contributed by atoms with Crippen molar-refractivity contribution < 1.29 is 14.0 Å². The van der Waals surface area contributed by atoms with Crippen molar-refractivity contribution in [1.82, 2.24) is 0 Å². The van der Waals surface area contributed by atoms with Crippen LogP contribution < -0.4 is 16.8 Å². The Bertz CT molecular complexity index is 507. The Labute approximate surface area is 104 Å². The van der Waals surface area contributed by atoms with E-state index in [1.54, 1.807) is 0 Å². The van der Waals surface area contributed by atoms with Crippen molar-refractivity contribution in [2.45, 2.75) is 26.3 Å². The van der Waals surface area contributed by atoms with Crippen molar-refractivity contribution in [3.8, 4) is 0 Å². The van der Waals surface area contributed by atoms with Gasteiger partial charge >= 0.3 is 0 Å². The number of rotatable bonds is 3. The zero-order chi connectivity index (χ0) is 14.1. The van der Waals surface area contributed by atoms with E-state index in [0.29, 0.717) is 0 Å². The van der Waals surface area contributed by atoms with E-state index in [2.05, 4.69) is 5.32 Å². The number of anilines is 1. The van der Waals surface area contributed by atoms with Crippen molar-refractivity contribution >= 4 is 17.5 Å². The molecule has 6 heteroatoms. The van der Waals surface area contributed by atoms with E-state index in [9.17, 15) is 14.0 Å². The van der Waals surface area contributed by atoms with E-state index in [4.69, 9.17) is 11.5 Å². The summed E-state index contributed by atoms with van der Waals surface area (Å²) >= 11 is 0. The predicted molar refractivity (Wildman–Crippen MR) is 66.6 cm³/mol. The molecule has 1 aromatic rings. The summed E-state index contributed by atoms with van der Waals surface area (Å²) in [6, 6.07) is 2.35. The van der Waals surface area contributed by atoms with E-state index < -0.39 is 23.2 Å². The Kier molecular flexibility index (Phi) is 3.71. The number of amides is 2. The molecule has 18 heavy (non-hydrogen) atoms. The lowest BCUT2D eigenvalue weighted by atomic mass is 10.0. The molecule has 1 rings (SSSR count). The van der Waals surface area contributed by atoms with Gasteiger partial charge in [-0.2, -0.15) is 0 Å². The molecule has 0 atom stereocenters. The first-order valence-electron chi connectivity index (χ1n) is 5.33. The van der Waals surface area contributed by atoms with Crippen molar-refractivity contribution in [3.05, 3.63) is 29.1 Å². The van der Waals surface area contributed by atoms with Crippen LogP contribution in [0.4, 0.5) is 10.1 Å². The highest BCUT2D eigenvalue weighted by Crippen LogP contribution is 2.21. The lowest BCUT2D eigenvalue weighted by Crippen LogP contribution is -2.45. The zero-order valence-electron chi connectivity index (χ0n) is 10.5. The second-order valence-corrected chi connectivity index (χ2v) is 4.67. The van der Waals surface area contributed by atoms with Crippen LogP contribution in [0, 0.1) is 12.7 Å². The molecule has 5 N–H and O–H groups in total. The Balaban J connectivity index is 3.17. The number of benzene rings is 1. The fourth-order valence-electron chi connectivity index (χ4n) is 1.23. The third kappa shape index (κ3) is 3.04. The maximum Gasteiger partial charge on any atom is 0.248 e. The van der Waals surface area contributed by atoms with Gasteiger partial charge in [0.25, 0.3) is 0 Å². The normalized spacial score (nSPS) is 11.2. The number of hydrogen-bond donors (Lipinski definition) is 3. The predicted octanol–water partition coefficient (Wildman–Crippen LogP) is 0.909. The molecule has 0 unspecified atom stereocenters. The van der Waals surface area contributed by atoms with Crippen LogP contribution >= 0.6 is 0 Å². The topological polar surface area (TPSA) is 98.2 Å². The van der Waals surface area contributed by atoms with Gasteiger partial charge in [0.05, 0.1) is 5.54 Å². The summed E-state index contributed by atoms with van der Waals surface area (Å²) in [6.07, 6.45) is 0. The molecule has 0 aliphatic rings. The van der Waals surface area contributed by atoms with Gasteiger partial charge in [-0.3, -0.25) is 9.59 Å². The number of carbonyl (C=O) groups is 2. The average Bonchev–Trinajstić information content (AvgIpc) is 2.22. The number of hydrogen-bond acceptors (Lipinski definition) is 3. The van der Waals surface area contributed by atoms with Crippen molar-refractivity contribution in [2.75, 3.05) is 5.32 Å². The number of nitrogens with two attached hydrogens (primary N) is 2. The molecule has 0 aliphatic carbocycles. The molecule has 0 aromatic heterocycles. The van der Waals surface area contributed by atoms with E-state index >= 15 is 0 Å². The Morgan fingerprint density at radius 1 is 1.33 bits per heavy atom. The first-order chi connectivity index (χ1) is 8.12. The number of halogens is 1. The minimum absolute atomic E-state index is 0.0109. The van der Waals surface area contributed by atoms with Crippen LogP contribution in [0.3, 0.4) is 0 Å². The summed E-state index contributed by atoms with van der Waals surface area (Å²) in [5.74, 6) is -1.86. The summed E-state index contributed by atoms with van der Waals surface area (Å²) in [4.78, 5) is 22.7. The van der Waals surface area contributed by atoms with E-state index in [1.807, 2.05) is 0 Å². The zero-order valence-corrected chi connectivity index (χ0v) is 10.5. The third-order valence-corrected chi connectivity index (χ3v) is 2.46. The molecule has 2 amide bonds. The summed E-state index contributed by atoms with van der Waals surface area (Å²) < 4.78 is 13.6. The van der Waals surface area contributed by atoms with Crippen molar-refractivity contribution in [3.63, 3.8) is 0 Å². The van der Waals surface area contributed by atoms with Gasteiger partial charge in [-0.1, -0.05) is 0 Å². The minimum Gasteiger partial charge on any atom is -0.366 e. The second kappa shape index (κ2) is 4.73. The smallest absolute Gasteiger partial charge is 0.248 e. The van der Waals surface area contributed by atoms with E-state index in [1.165, 1.54) is 26.8 Å². The number of carbonyl (C=O) groups excluding carboxylic acids is 2. The summed E-state index contributed by atoms with van der Waals surface area (Å²) in [5, 5.41) is 2.47. The molecular formula is C12H16FN3O2. The van der Waals surface area contributed by atoms with Gasteiger partial charge in [-0.15, -0.1) is 0 Å². The first kappa shape index (κ1) is 14.1. The third-order valence-electron chi connectivity index (χ3n) is 2.46. The fraction of sp³-hybridized carbons (Fsp3) is 0.333.